The normalized spacial score (nSPS) is 11.1. The summed E-state index contributed by atoms with van der Waals surface area (Å²) in [5, 5.41) is 8.02. The van der Waals surface area contributed by atoms with Crippen LogP contribution >= 0.6 is 11.3 Å². The molecule has 148 valence electrons. The average molecular weight is 417 g/mol. The first-order valence-electron chi connectivity index (χ1n) is 9.29. The summed E-state index contributed by atoms with van der Waals surface area (Å²) in [7, 11) is 0. The first-order valence-corrected chi connectivity index (χ1v) is 10.1. The molecule has 0 atom stereocenters. The van der Waals surface area contributed by atoms with Crippen LogP contribution in [0.5, 0.6) is 0 Å². The molecule has 1 amide bonds. The minimum Gasteiger partial charge on any atom is -0.345 e. The predicted molar refractivity (Wildman–Crippen MR) is 114 cm³/mol. The van der Waals surface area contributed by atoms with E-state index in [4.69, 9.17) is 0 Å². The number of hydrogen-bond acceptors (Lipinski definition) is 4. The third kappa shape index (κ3) is 3.27. The molecule has 6 nitrogen and oxygen atoms in total. The van der Waals surface area contributed by atoms with Gasteiger partial charge in [-0.15, -0.1) is 11.3 Å². The van der Waals surface area contributed by atoms with Crippen LogP contribution in [0.4, 0.5) is 4.39 Å². The van der Waals surface area contributed by atoms with Crippen LogP contribution < -0.4 is 5.32 Å². The number of carbonyl (C=O) groups is 1. The largest absolute Gasteiger partial charge is 0.345 e. The Morgan fingerprint density at radius 3 is 2.60 bits per heavy atom. The Hall–Kier alpha value is -3.78. The standard InChI is InChI=1S/C22H16FN5OS/c23-16-7-1-3-9-18(16)28-22(27-11-5-6-12-27)15(13-25-28)21(29)24-14-20-26-17-8-2-4-10-19(17)30-20/h1-13H,14H2,(H,24,29). The smallest absolute Gasteiger partial charge is 0.257 e. The minimum absolute atomic E-state index is 0.270. The number of carbonyl (C=O) groups excluding carboxylic acids is 1. The van der Waals surface area contributed by atoms with Crippen molar-refractivity contribution >= 4 is 27.5 Å². The fourth-order valence-electron chi connectivity index (χ4n) is 3.27. The van der Waals surface area contributed by atoms with Gasteiger partial charge in [-0.1, -0.05) is 24.3 Å². The Morgan fingerprint density at radius 2 is 1.80 bits per heavy atom. The van der Waals surface area contributed by atoms with Crippen LogP contribution in [0.2, 0.25) is 0 Å². The predicted octanol–water partition coefficient (Wildman–Crippen LogP) is 4.34. The molecular formula is C22H16FN5OS. The van der Waals surface area contributed by atoms with E-state index >= 15 is 0 Å². The second-order valence-corrected chi connectivity index (χ2v) is 7.71. The molecule has 0 aliphatic carbocycles. The summed E-state index contributed by atoms with van der Waals surface area (Å²) in [4.78, 5) is 17.5. The topological polar surface area (TPSA) is 64.7 Å². The van der Waals surface area contributed by atoms with Gasteiger partial charge in [-0.3, -0.25) is 4.79 Å². The number of benzene rings is 2. The molecule has 3 aromatic heterocycles. The highest BCUT2D eigenvalue weighted by Gasteiger charge is 2.21. The van der Waals surface area contributed by atoms with Crippen LogP contribution in [0.25, 0.3) is 21.7 Å². The number of amides is 1. The maximum atomic E-state index is 14.4. The van der Waals surface area contributed by atoms with Crippen molar-refractivity contribution in [1.29, 1.82) is 0 Å². The van der Waals surface area contributed by atoms with Crippen molar-refractivity contribution in [3.8, 4) is 11.5 Å². The lowest BCUT2D eigenvalue weighted by atomic mass is 10.2. The molecule has 0 radical (unpaired) electrons. The molecule has 8 heteroatoms. The molecule has 0 spiro atoms. The van der Waals surface area contributed by atoms with Crippen molar-refractivity contribution in [3.63, 3.8) is 0 Å². The molecule has 5 aromatic rings. The van der Waals surface area contributed by atoms with Gasteiger partial charge in [0.2, 0.25) is 0 Å². The first kappa shape index (κ1) is 18.3. The molecule has 0 saturated heterocycles. The van der Waals surface area contributed by atoms with E-state index in [0.717, 1.165) is 15.2 Å². The zero-order chi connectivity index (χ0) is 20.5. The van der Waals surface area contributed by atoms with E-state index in [9.17, 15) is 9.18 Å². The van der Waals surface area contributed by atoms with E-state index in [0.29, 0.717) is 17.9 Å². The second-order valence-electron chi connectivity index (χ2n) is 6.59. The van der Waals surface area contributed by atoms with Crippen molar-refractivity contribution < 1.29 is 9.18 Å². The molecule has 0 unspecified atom stereocenters. The van der Waals surface area contributed by atoms with Gasteiger partial charge in [0.1, 0.15) is 22.1 Å². The summed E-state index contributed by atoms with van der Waals surface area (Å²) in [6.07, 6.45) is 5.03. The SMILES string of the molecule is O=C(NCc1nc2ccccc2s1)c1cnn(-c2ccccc2F)c1-n1cccc1. The van der Waals surface area contributed by atoms with Gasteiger partial charge in [-0.2, -0.15) is 5.10 Å². The molecule has 0 aliphatic heterocycles. The lowest BCUT2D eigenvalue weighted by Crippen LogP contribution is -2.24. The van der Waals surface area contributed by atoms with E-state index in [-0.39, 0.29) is 11.6 Å². The van der Waals surface area contributed by atoms with Crippen LogP contribution in [-0.2, 0) is 6.54 Å². The highest BCUT2D eigenvalue weighted by molar-refractivity contribution is 7.18. The lowest BCUT2D eigenvalue weighted by molar-refractivity contribution is 0.0951. The number of aromatic nitrogens is 4. The summed E-state index contributed by atoms with van der Waals surface area (Å²) >= 11 is 1.54. The fraction of sp³-hybridized carbons (Fsp3) is 0.0455. The molecule has 1 N–H and O–H groups in total. The van der Waals surface area contributed by atoms with E-state index in [2.05, 4.69) is 15.4 Å². The second kappa shape index (κ2) is 7.57. The molecule has 0 saturated carbocycles. The number of nitrogens with one attached hydrogen (secondary N) is 1. The first-order chi connectivity index (χ1) is 14.7. The highest BCUT2D eigenvalue weighted by atomic mass is 32.1. The molecule has 30 heavy (non-hydrogen) atoms. The van der Waals surface area contributed by atoms with Gasteiger partial charge in [0.25, 0.3) is 5.91 Å². The van der Waals surface area contributed by atoms with Crippen LogP contribution in [0.15, 0.2) is 79.3 Å². The lowest BCUT2D eigenvalue weighted by Gasteiger charge is -2.11. The van der Waals surface area contributed by atoms with Gasteiger partial charge in [0.15, 0.2) is 5.82 Å². The highest BCUT2D eigenvalue weighted by Crippen LogP contribution is 2.23. The summed E-state index contributed by atoms with van der Waals surface area (Å²) < 4.78 is 18.6. The Kier molecular flexibility index (Phi) is 4.61. The number of hydrogen-bond donors (Lipinski definition) is 1. The number of nitrogens with zero attached hydrogens (tertiary/aromatic N) is 4. The molecule has 5 rings (SSSR count). The third-order valence-electron chi connectivity index (χ3n) is 4.66. The third-order valence-corrected chi connectivity index (χ3v) is 5.69. The Labute approximate surface area is 175 Å². The maximum Gasteiger partial charge on any atom is 0.257 e. The van der Waals surface area contributed by atoms with Crippen LogP contribution in [0.1, 0.15) is 15.4 Å². The van der Waals surface area contributed by atoms with E-state index in [1.165, 1.54) is 28.3 Å². The van der Waals surface area contributed by atoms with Crippen molar-refractivity contribution in [3.05, 3.63) is 95.6 Å². The molecule has 0 fully saturated rings. The number of halogens is 1. The molecule has 3 heterocycles. The molecule has 2 aromatic carbocycles. The van der Waals surface area contributed by atoms with E-state index in [1.54, 1.807) is 35.2 Å². The number of para-hydroxylation sites is 2. The van der Waals surface area contributed by atoms with Crippen molar-refractivity contribution in [2.75, 3.05) is 0 Å². The summed E-state index contributed by atoms with van der Waals surface area (Å²) in [5.74, 6) is -0.261. The molecular weight excluding hydrogens is 401 g/mol. The zero-order valence-corrected chi connectivity index (χ0v) is 16.5. The van der Waals surface area contributed by atoms with Gasteiger partial charge in [-0.25, -0.2) is 14.1 Å². The number of rotatable bonds is 5. The van der Waals surface area contributed by atoms with Gasteiger partial charge in [0, 0.05) is 12.4 Å². The van der Waals surface area contributed by atoms with Crippen LogP contribution in [-0.4, -0.2) is 25.2 Å². The van der Waals surface area contributed by atoms with Gasteiger partial charge < -0.3 is 9.88 Å². The Morgan fingerprint density at radius 1 is 1.03 bits per heavy atom. The summed E-state index contributed by atoms with van der Waals surface area (Å²) in [6.45, 7) is 0.300. The maximum absolute atomic E-state index is 14.4. The Balaban J connectivity index is 1.47. The summed E-state index contributed by atoms with van der Waals surface area (Å²) in [6, 6.07) is 17.8. The van der Waals surface area contributed by atoms with Crippen LogP contribution in [0.3, 0.4) is 0 Å². The zero-order valence-electron chi connectivity index (χ0n) is 15.7. The van der Waals surface area contributed by atoms with Gasteiger partial charge in [-0.05, 0) is 36.4 Å². The monoisotopic (exact) mass is 417 g/mol. The molecule has 0 aliphatic rings. The number of thiazole rings is 1. The van der Waals surface area contributed by atoms with E-state index in [1.807, 2.05) is 36.4 Å². The van der Waals surface area contributed by atoms with Crippen LogP contribution in [0, 0.1) is 5.82 Å². The van der Waals surface area contributed by atoms with Crippen molar-refractivity contribution in [1.82, 2.24) is 24.6 Å². The van der Waals surface area contributed by atoms with Gasteiger partial charge in [0.05, 0.1) is 23.0 Å². The molecule has 0 bridgehead atoms. The average Bonchev–Trinajstić information content (AvgIpc) is 3.50. The quantitative estimate of drug-likeness (QED) is 0.463. The number of fused-ring (bicyclic) bond motifs is 1. The van der Waals surface area contributed by atoms with E-state index < -0.39 is 5.82 Å². The van der Waals surface area contributed by atoms with Crippen molar-refractivity contribution in [2.24, 2.45) is 0 Å². The van der Waals surface area contributed by atoms with Crippen molar-refractivity contribution in [2.45, 2.75) is 6.54 Å². The van der Waals surface area contributed by atoms with Gasteiger partial charge >= 0.3 is 0 Å². The minimum atomic E-state index is -0.421. The Bertz CT molecular complexity index is 1310. The fourth-order valence-corrected chi connectivity index (χ4v) is 4.18. The summed E-state index contributed by atoms with van der Waals surface area (Å²) in [5.41, 5.74) is 1.52.